The van der Waals surface area contributed by atoms with Crippen LogP contribution in [0.3, 0.4) is 0 Å². The van der Waals surface area contributed by atoms with Crippen molar-refractivity contribution >= 4 is 5.91 Å². The van der Waals surface area contributed by atoms with Gasteiger partial charge in [-0.2, -0.15) is 0 Å². The number of nitrogens with one attached hydrogen (secondary N) is 2. The first-order valence-corrected chi connectivity index (χ1v) is 7.38. The summed E-state index contributed by atoms with van der Waals surface area (Å²) in [7, 11) is 0. The maximum Gasteiger partial charge on any atom is 0.220 e. The van der Waals surface area contributed by atoms with Crippen molar-refractivity contribution in [2.75, 3.05) is 32.7 Å². The van der Waals surface area contributed by atoms with E-state index < -0.39 is 0 Å². The van der Waals surface area contributed by atoms with Crippen LogP contribution in [0.25, 0.3) is 0 Å². The number of rotatable bonds is 9. The zero-order valence-electron chi connectivity index (χ0n) is 12.2. The van der Waals surface area contributed by atoms with E-state index in [4.69, 9.17) is 0 Å². The Balaban J connectivity index is 2.04. The number of carbonyl (C=O) groups excluding carboxylic acids is 1. The van der Waals surface area contributed by atoms with Gasteiger partial charge in [0.15, 0.2) is 0 Å². The third-order valence-electron chi connectivity index (χ3n) is 3.75. The number of hydrogen-bond donors (Lipinski definition) is 2. The number of carbonyl (C=O) groups is 1. The van der Waals surface area contributed by atoms with Crippen molar-refractivity contribution in [1.82, 2.24) is 15.5 Å². The molecule has 1 saturated heterocycles. The molecule has 1 unspecified atom stereocenters. The SMILES string of the molecule is CCN(CC)CCCC(C)NC(=O)CC1CNC1. The summed E-state index contributed by atoms with van der Waals surface area (Å²) in [6, 6.07) is 0.307. The van der Waals surface area contributed by atoms with Crippen LogP contribution in [0.15, 0.2) is 0 Å². The zero-order chi connectivity index (χ0) is 13.4. The van der Waals surface area contributed by atoms with Crippen molar-refractivity contribution in [3.8, 4) is 0 Å². The molecule has 2 N–H and O–H groups in total. The fraction of sp³-hybridized carbons (Fsp3) is 0.929. The van der Waals surface area contributed by atoms with Crippen LogP contribution in [0.1, 0.15) is 40.0 Å². The molecule has 1 rings (SSSR count). The lowest BCUT2D eigenvalue weighted by molar-refractivity contribution is -0.123. The molecule has 0 aromatic rings. The molecule has 1 aliphatic rings. The molecule has 106 valence electrons. The van der Waals surface area contributed by atoms with Crippen molar-refractivity contribution in [3.05, 3.63) is 0 Å². The molecule has 0 bridgehead atoms. The molecule has 4 nitrogen and oxygen atoms in total. The van der Waals surface area contributed by atoms with E-state index in [1.165, 1.54) is 0 Å². The van der Waals surface area contributed by atoms with Gasteiger partial charge in [-0.15, -0.1) is 0 Å². The second-order valence-electron chi connectivity index (χ2n) is 5.37. The van der Waals surface area contributed by atoms with Gasteiger partial charge in [0.05, 0.1) is 0 Å². The van der Waals surface area contributed by atoms with Crippen molar-refractivity contribution in [3.63, 3.8) is 0 Å². The van der Waals surface area contributed by atoms with Crippen molar-refractivity contribution in [1.29, 1.82) is 0 Å². The number of hydrogen-bond acceptors (Lipinski definition) is 3. The molecular formula is C14H29N3O. The molecule has 1 aliphatic heterocycles. The minimum Gasteiger partial charge on any atom is -0.354 e. The van der Waals surface area contributed by atoms with E-state index in [0.29, 0.717) is 18.4 Å². The zero-order valence-corrected chi connectivity index (χ0v) is 12.2. The van der Waals surface area contributed by atoms with Crippen LogP contribution in [0, 0.1) is 5.92 Å². The lowest BCUT2D eigenvalue weighted by Crippen LogP contribution is -2.45. The van der Waals surface area contributed by atoms with Crippen LogP contribution in [0.4, 0.5) is 0 Å². The Bertz CT molecular complexity index is 237. The largest absolute Gasteiger partial charge is 0.354 e. The summed E-state index contributed by atoms with van der Waals surface area (Å²) in [5.41, 5.74) is 0. The van der Waals surface area contributed by atoms with E-state index in [2.05, 4.69) is 36.3 Å². The Labute approximate surface area is 111 Å². The Morgan fingerprint density at radius 1 is 1.39 bits per heavy atom. The summed E-state index contributed by atoms with van der Waals surface area (Å²) in [5.74, 6) is 0.782. The van der Waals surface area contributed by atoms with Crippen molar-refractivity contribution in [2.45, 2.75) is 46.1 Å². The molecule has 4 heteroatoms. The van der Waals surface area contributed by atoms with Crippen LogP contribution < -0.4 is 10.6 Å². The average Bonchev–Trinajstić information content (AvgIpc) is 2.29. The van der Waals surface area contributed by atoms with Gasteiger partial charge in [0.25, 0.3) is 0 Å². The van der Waals surface area contributed by atoms with Crippen LogP contribution >= 0.6 is 0 Å². The minimum absolute atomic E-state index is 0.219. The molecule has 0 spiro atoms. The number of nitrogens with zero attached hydrogens (tertiary/aromatic N) is 1. The van der Waals surface area contributed by atoms with Gasteiger partial charge in [-0.3, -0.25) is 4.79 Å². The van der Waals surface area contributed by atoms with E-state index in [0.717, 1.165) is 45.6 Å². The van der Waals surface area contributed by atoms with Crippen molar-refractivity contribution < 1.29 is 4.79 Å². The average molecular weight is 255 g/mol. The molecule has 0 radical (unpaired) electrons. The summed E-state index contributed by atoms with van der Waals surface area (Å²) >= 11 is 0. The topological polar surface area (TPSA) is 44.4 Å². The van der Waals surface area contributed by atoms with Crippen LogP contribution in [0.2, 0.25) is 0 Å². The van der Waals surface area contributed by atoms with E-state index in [-0.39, 0.29) is 5.91 Å². The number of amides is 1. The molecule has 1 atom stereocenters. The summed E-state index contributed by atoms with van der Waals surface area (Å²) in [5, 5.41) is 6.30. The maximum atomic E-state index is 11.7. The van der Waals surface area contributed by atoms with Crippen LogP contribution in [0.5, 0.6) is 0 Å². The quantitative estimate of drug-likeness (QED) is 0.651. The highest BCUT2D eigenvalue weighted by atomic mass is 16.1. The third kappa shape index (κ3) is 5.83. The molecule has 1 heterocycles. The molecule has 18 heavy (non-hydrogen) atoms. The van der Waals surface area contributed by atoms with Gasteiger partial charge < -0.3 is 15.5 Å². The Morgan fingerprint density at radius 3 is 2.56 bits per heavy atom. The van der Waals surface area contributed by atoms with Gasteiger partial charge in [0, 0.05) is 12.5 Å². The van der Waals surface area contributed by atoms with E-state index in [1.807, 2.05) is 0 Å². The highest BCUT2D eigenvalue weighted by molar-refractivity contribution is 5.76. The van der Waals surface area contributed by atoms with Gasteiger partial charge in [-0.05, 0) is 58.4 Å². The monoisotopic (exact) mass is 255 g/mol. The highest BCUT2D eigenvalue weighted by Gasteiger charge is 2.20. The van der Waals surface area contributed by atoms with Crippen LogP contribution in [-0.4, -0.2) is 49.6 Å². The lowest BCUT2D eigenvalue weighted by Gasteiger charge is -2.27. The van der Waals surface area contributed by atoms with E-state index >= 15 is 0 Å². The molecule has 0 aromatic carbocycles. The maximum absolute atomic E-state index is 11.7. The molecule has 0 saturated carbocycles. The minimum atomic E-state index is 0.219. The first kappa shape index (κ1) is 15.4. The van der Waals surface area contributed by atoms with Gasteiger partial charge in [0.2, 0.25) is 5.91 Å². The Hall–Kier alpha value is -0.610. The van der Waals surface area contributed by atoms with E-state index in [9.17, 15) is 4.79 Å². The first-order valence-electron chi connectivity index (χ1n) is 7.38. The predicted octanol–water partition coefficient (Wildman–Crippen LogP) is 1.22. The second-order valence-corrected chi connectivity index (χ2v) is 5.37. The Morgan fingerprint density at radius 2 is 2.06 bits per heavy atom. The van der Waals surface area contributed by atoms with Gasteiger partial charge in [-0.1, -0.05) is 13.8 Å². The second kappa shape index (κ2) is 8.48. The highest BCUT2D eigenvalue weighted by Crippen LogP contribution is 2.08. The summed E-state index contributed by atoms with van der Waals surface area (Å²) in [6.45, 7) is 11.9. The van der Waals surface area contributed by atoms with Gasteiger partial charge >= 0.3 is 0 Å². The smallest absolute Gasteiger partial charge is 0.220 e. The fourth-order valence-corrected chi connectivity index (χ4v) is 2.32. The Kier molecular flexibility index (Phi) is 7.28. The van der Waals surface area contributed by atoms with Gasteiger partial charge in [0.1, 0.15) is 0 Å². The molecule has 1 amide bonds. The lowest BCUT2D eigenvalue weighted by atomic mass is 9.99. The fourth-order valence-electron chi connectivity index (χ4n) is 2.32. The molecule has 0 aliphatic carbocycles. The summed E-state index contributed by atoms with van der Waals surface area (Å²) < 4.78 is 0. The predicted molar refractivity (Wildman–Crippen MR) is 75.6 cm³/mol. The summed E-state index contributed by atoms with van der Waals surface area (Å²) in [4.78, 5) is 14.1. The van der Waals surface area contributed by atoms with Crippen molar-refractivity contribution in [2.24, 2.45) is 5.92 Å². The molecular weight excluding hydrogens is 226 g/mol. The normalized spacial score (nSPS) is 17.6. The van der Waals surface area contributed by atoms with Gasteiger partial charge in [-0.25, -0.2) is 0 Å². The molecule has 1 fully saturated rings. The third-order valence-corrected chi connectivity index (χ3v) is 3.75. The van der Waals surface area contributed by atoms with Crippen LogP contribution in [-0.2, 0) is 4.79 Å². The molecule has 0 aromatic heterocycles. The van der Waals surface area contributed by atoms with E-state index in [1.54, 1.807) is 0 Å². The first-order chi connectivity index (χ1) is 8.65. The summed E-state index contributed by atoms with van der Waals surface area (Å²) in [6.07, 6.45) is 2.92. The standard InChI is InChI=1S/C14H29N3O/c1-4-17(5-2)8-6-7-12(3)16-14(18)9-13-10-15-11-13/h12-13,15H,4-11H2,1-3H3,(H,16,18).